The summed E-state index contributed by atoms with van der Waals surface area (Å²) in [6, 6.07) is 9.39. The number of aliphatic hydroxyl groups is 1. The molecule has 0 bridgehead atoms. The minimum Gasteiger partial charge on any atom is -0.394 e. The maximum absolute atomic E-state index is 12.1. The molecule has 1 fully saturated rings. The summed E-state index contributed by atoms with van der Waals surface area (Å²) in [5.41, 5.74) is 1.06. The second-order valence-electron chi connectivity index (χ2n) is 5.25. The Morgan fingerprint density at radius 2 is 2.15 bits per heavy atom. The molecule has 5 heteroatoms. The average Bonchev–Trinajstić information content (AvgIpc) is 2.79. The minimum absolute atomic E-state index is 0.00578. The Balaban J connectivity index is 1.90. The lowest BCUT2D eigenvalue weighted by atomic mass is 10.0. The zero-order valence-corrected chi connectivity index (χ0v) is 11.6. The normalized spacial score (nSPS) is 20.0. The molecule has 20 heavy (non-hydrogen) atoms. The Morgan fingerprint density at radius 1 is 1.45 bits per heavy atom. The molecule has 2 rings (SSSR count). The highest BCUT2D eigenvalue weighted by molar-refractivity contribution is 5.89. The molecule has 2 unspecified atom stereocenters. The summed E-state index contributed by atoms with van der Waals surface area (Å²) in [5, 5.41) is 12.2. The van der Waals surface area contributed by atoms with Gasteiger partial charge in [0.05, 0.1) is 18.6 Å². The summed E-state index contributed by atoms with van der Waals surface area (Å²) in [4.78, 5) is 25.1. The number of aliphatic hydroxyl groups excluding tert-OH is 1. The van der Waals surface area contributed by atoms with Crippen molar-refractivity contribution in [3.05, 3.63) is 35.9 Å². The van der Waals surface area contributed by atoms with E-state index in [9.17, 15) is 14.7 Å². The number of nitrogens with zero attached hydrogens (tertiary/aromatic N) is 1. The summed E-state index contributed by atoms with van der Waals surface area (Å²) < 4.78 is 0. The number of nitrogens with one attached hydrogen (secondary N) is 1. The number of hydrogen-bond donors (Lipinski definition) is 2. The number of amides is 2. The van der Waals surface area contributed by atoms with E-state index in [0.29, 0.717) is 13.0 Å². The molecule has 1 saturated heterocycles. The Kier molecular flexibility index (Phi) is 4.74. The number of benzene rings is 1. The summed E-state index contributed by atoms with van der Waals surface area (Å²) in [5.74, 6) is -0.469. The smallest absolute Gasteiger partial charge is 0.225 e. The molecule has 108 valence electrons. The number of rotatable bonds is 5. The third-order valence-electron chi connectivity index (χ3n) is 3.60. The summed E-state index contributed by atoms with van der Waals surface area (Å²) in [6.07, 6.45) is 0.839. The third kappa shape index (κ3) is 3.57. The van der Waals surface area contributed by atoms with Crippen LogP contribution in [0.5, 0.6) is 0 Å². The molecule has 1 aromatic rings. The van der Waals surface area contributed by atoms with E-state index in [0.717, 1.165) is 5.56 Å². The van der Waals surface area contributed by atoms with Gasteiger partial charge in [0, 0.05) is 20.0 Å². The van der Waals surface area contributed by atoms with Crippen LogP contribution in [0.3, 0.4) is 0 Å². The molecule has 0 spiro atoms. The lowest BCUT2D eigenvalue weighted by Gasteiger charge is -2.18. The molecule has 2 N–H and O–H groups in total. The highest BCUT2D eigenvalue weighted by atomic mass is 16.3. The molecule has 0 aromatic heterocycles. The molecule has 0 radical (unpaired) electrons. The quantitative estimate of drug-likeness (QED) is 0.806. The fourth-order valence-electron chi connectivity index (χ4n) is 2.42. The van der Waals surface area contributed by atoms with Crippen LogP contribution in [0.1, 0.15) is 12.0 Å². The van der Waals surface area contributed by atoms with Crippen molar-refractivity contribution in [2.45, 2.75) is 18.9 Å². The predicted molar refractivity (Wildman–Crippen MR) is 74.9 cm³/mol. The maximum atomic E-state index is 12.1. The molecular formula is C15H20N2O3. The van der Waals surface area contributed by atoms with Gasteiger partial charge in [-0.2, -0.15) is 0 Å². The molecule has 2 atom stereocenters. The molecule has 1 heterocycles. The first-order valence-electron chi connectivity index (χ1n) is 6.79. The zero-order chi connectivity index (χ0) is 14.5. The van der Waals surface area contributed by atoms with Crippen LogP contribution < -0.4 is 5.32 Å². The van der Waals surface area contributed by atoms with Crippen LogP contribution in [-0.2, 0) is 16.0 Å². The van der Waals surface area contributed by atoms with E-state index in [2.05, 4.69) is 5.32 Å². The van der Waals surface area contributed by atoms with Gasteiger partial charge in [-0.3, -0.25) is 9.59 Å². The molecule has 1 aliphatic heterocycles. The van der Waals surface area contributed by atoms with Gasteiger partial charge in [-0.05, 0) is 12.0 Å². The van der Waals surface area contributed by atoms with Crippen LogP contribution in [0.2, 0.25) is 0 Å². The third-order valence-corrected chi connectivity index (χ3v) is 3.60. The summed E-state index contributed by atoms with van der Waals surface area (Å²) in [6.45, 7) is 0.339. The molecule has 1 aliphatic rings. The van der Waals surface area contributed by atoms with Crippen molar-refractivity contribution in [3.8, 4) is 0 Å². The number of hydrogen-bond acceptors (Lipinski definition) is 3. The van der Waals surface area contributed by atoms with Gasteiger partial charge < -0.3 is 15.3 Å². The van der Waals surface area contributed by atoms with E-state index in [4.69, 9.17) is 0 Å². The maximum Gasteiger partial charge on any atom is 0.225 e. The van der Waals surface area contributed by atoms with Crippen LogP contribution in [-0.4, -0.2) is 48.1 Å². The average molecular weight is 276 g/mol. The first-order valence-corrected chi connectivity index (χ1v) is 6.79. The molecular weight excluding hydrogens is 256 g/mol. The summed E-state index contributed by atoms with van der Waals surface area (Å²) in [7, 11) is 1.70. The van der Waals surface area contributed by atoms with Crippen LogP contribution in [0.15, 0.2) is 30.3 Å². The van der Waals surface area contributed by atoms with Crippen molar-refractivity contribution >= 4 is 11.8 Å². The van der Waals surface area contributed by atoms with Crippen molar-refractivity contribution in [3.63, 3.8) is 0 Å². The van der Waals surface area contributed by atoms with E-state index >= 15 is 0 Å². The lowest BCUT2D eigenvalue weighted by molar-refractivity contribution is -0.128. The largest absolute Gasteiger partial charge is 0.394 e. The van der Waals surface area contributed by atoms with Crippen LogP contribution in [0.4, 0.5) is 0 Å². The Morgan fingerprint density at radius 3 is 2.70 bits per heavy atom. The first kappa shape index (κ1) is 14.5. The lowest BCUT2D eigenvalue weighted by Crippen LogP contribution is -2.42. The van der Waals surface area contributed by atoms with Gasteiger partial charge in [-0.15, -0.1) is 0 Å². The van der Waals surface area contributed by atoms with Gasteiger partial charge in [-0.25, -0.2) is 0 Å². The fourth-order valence-corrected chi connectivity index (χ4v) is 2.42. The van der Waals surface area contributed by atoms with Gasteiger partial charge >= 0.3 is 0 Å². The highest BCUT2D eigenvalue weighted by Crippen LogP contribution is 2.16. The highest BCUT2D eigenvalue weighted by Gasteiger charge is 2.32. The van der Waals surface area contributed by atoms with Crippen LogP contribution >= 0.6 is 0 Å². The molecule has 2 amide bonds. The van der Waals surface area contributed by atoms with Gasteiger partial charge in [-0.1, -0.05) is 30.3 Å². The Labute approximate surface area is 118 Å². The monoisotopic (exact) mass is 276 g/mol. The van der Waals surface area contributed by atoms with E-state index in [1.165, 1.54) is 0 Å². The van der Waals surface area contributed by atoms with Crippen molar-refractivity contribution < 1.29 is 14.7 Å². The van der Waals surface area contributed by atoms with E-state index in [1.54, 1.807) is 11.9 Å². The number of carbonyl (C=O) groups excluding carboxylic acids is 2. The van der Waals surface area contributed by atoms with Crippen LogP contribution in [0, 0.1) is 5.92 Å². The number of carbonyl (C=O) groups is 2. The van der Waals surface area contributed by atoms with Gasteiger partial charge in [0.25, 0.3) is 0 Å². The molecule has 1 aromatic carbocycles. The number of likely N-dealkylation sites (tertiary alicyclic amines) is 1. The molecule has 5 nitrogen and oxygen atoms in total. The van der Waals surface area contributed by atoms with Crippen molar-refractivity contribution in [1.29, 1.82) is 0 Å². The fraction of sp³-hybridized carbons (Fsp3) is 0.467. The second-order valence-corrected chi connectivity index (χ2v) is 5.25. The Bertz CT molecular complexity index is 475. The van der Waals surface area contributed by atoms with E-state index in [1.807, 2.05) is 30.3 Å². The SMILES string of the molecule is CN1CC(C(=O)NC(CO)Cc2ccccc2)CC1=O. The summed E-state index contributed by atoms with van der Waals surface area (Å²) >= 11 is 0. The Hall–Kier alpha value is -1.88. The second kappa shape index (κ2) is 6.52. The topological polar surface area (TPSA) is 69.6 Å². The van der Waals surface area contributed by atoms with Crippen molar-refractivity contribution in [1.82, 2.24) is 10.2 Å². The standard InChI is InChI=1S/C15H20N2O3/c1-17-9-12(8-14(17)19)15(20)16-13(10-18)7-11-5-3-2-4-6-11/h2-6,12-13,18H,7-10H2,1H3,(H,16,20). The molecule has 0 aliphatic carbocycles. The van der Waals surface area contributed by atoms with Gasteiger partial charge in [0.1, 0.15) is 0 Å². The van der Waals surface area contributed by atoms with Crippen molar-refractivity contribution in [2.75, 3.05) is 20.2 Å². The van der Waals surface area contributed by atoms with E-state index in [-0.39, 0.29) is 36.8 Å². The van der Waals surface area contributed by atoms with Crippen molar-refractivity contribution in [2.24, 2.45) is 5.92 Å². The van der Waals surface area contributed by atoms with Crippen LogP contribution in [0.25, 0.3) is 0 Å². The van der Waals surface area contributed by atoms with Gasteiger partial charge in [0.2, 0.25) is 11.8 Å². The van der Waals surface area contributed by atoms with E-state index < -0.39 is 0 Å². The van der Waals surface area contributed by atoms with Gasteiger partial charge in [0.15, 0.2) is 0 Å². The predicted octanol–water partition coefficient (Wildman–Crippen LogP) is 0.185. The first-order chi connectivity index (χ1) is 9.60. The molecule has 0 saturated carbocycles. The minimum atomic E-state index is -0.314. The zero-order valence-electron chi connectivity index (χ0n) is 11.6.